The standard InChI is InChI=1S/C21H24N2O3S/c1-4-22-14-13-20-15(2)26-21(23-20)18-7-5-16(6-8-18)17-9-11-19(12-10-17)27(3,24)25/h5-12,22H,4,13-14H2,1-3H3. The van der Waals surface area contributed by atoms with Crippen LogP contribution in [0.3, 0.4) is 0 Å². The Bertz CT molecular complexity index is 1000. The van der Waals surface area contributed by atoms with Crippen LogP contribution in [0.2, 0.25) is 0 Å². The van der Waals surface area contributed by atoms with Gasteiger partial charge in [-0.3, -0.25) is 0 Å². The number of rotatable bonds is 7. The molecule has 0 fully saturated rings. The van der Waals surface area contributed by atoms with Crippen LogP contribution in [0.4, 0.5) is 0 Å². The molecule has 0 radical (unpaired) electrons. The number of oxazole rings is 1. The second-order valence-electron chi connectivity index (χ2n) is 6.50. The van der Waals surface area contributed by atoms with Gasteiger partial charge < -0.3 is 9.73 Å². The van der Waals surface area contributed by atoms with Crippen molar-refractivity contribution in [2.45, 2.75) is 25.2 Å². The van der Waals surface area contributed by atoms with Crippen LogP contribution >= 0.6 is 0 Å². The molecule has 0 aliphatic rings. The van der Waals surface area contributed by atoms with Crippen LogP contribution in [0.25, 0.3) is 22.6 Å². The zero-order valence-electron chi connectivity index (χ0n) is 15.8. The van der Waals surface area contributed by atoms with Crippen molar-refractivity contribution in [2.75, 3.05) is 19.3 Å². The monoisotopic (exact) mass is 384 g/mol. The number of nitrogens with one attached hydrogen (secondary N) is 1. The van der Waals surface area contributed by atoms with Gasteiger partial charge in [-0.1, -0.05) is 31.2 Å². The lowest BCUT2D eigenvalue weighted by molar-refractivity contribution is 0.538. The first-order valence-electron chi connectivity index (χ1n) is 8.96. The summed E-state index contributed by atoms with van der Waals surface area (Å²) in [5.41, 5.74) is 3.87. The third-order valence-corrected chi connectivity index (χ3v) is 5.56. The molecule has 1 aromatic heterocycles. The van der Waals surface area contributed by atoms with Crippen LogP contribution in [0.5, 0.6) is 0 Å². The van der Waals surface area contributed by atoms with Gasteiger partial charge in [0, 0.05) is 24.8 Å². The lowest BCUT2D eigenvalue weighted by Crippen LogP contribution is -2.16. The van der Waals surface area contributed by atoms with E-state index in [1.54, 1.807) is 12.1 Å². The summed E-state index contributed by atoms with van der Waals surface area (Å²) in [5.74, 6) is 1.47. The zero-order chi connectivity index (χ0) is 19.4. The minimum atomic E-state index is -3.18. The molecule has 0 bridgehead atoms. The molecule has 6 heteroatoms. The van der Waals surface area contributed by atoms with Crippen LogP contribution in [0.15, 0.2) is 57.8 Å². The molecule has 1 heterocycles. The Morgan fingerprint density at radius 1 is 0.963 bits per heavy atom. The summed E-state index contributed by atoms with van der Waals surface area (Å²) in [4.78, 5) is 4.94. The maximum absolute atomic E-state index is 11.6. The highest BCUT2D eigenvalue weighted by atomic mass is 32.2. The Labute approximate surface area is 160 Å². The van der Waals surface area contributed by atoms with Crippen LogP contribution in [0, 0.1) is 6.92 Å². The Morgan fingerprint density at radius 3 is 2.07 bits per heavy atom. The van der Waals surface area contributed by atoms with Gasteiger partial charge in [0.1, 0.15) is 5.76 Å². The molecule has 3 rings (SSSR count). The highest BCUT2D eigenvalue weighted by molar-refractivity contribution is 7.90. The smallest absolute Gasteiger partial charge is 0.226 e. The fourth-order valence-corrected chi connectivity index (χ4v) is 3.50. The largest absolute Gasteiger partial charge is 0.441 e. The maximum Gasteiger partial charge on any atom is 0.226 e. The number of hydrogen-bond acceptors (Lipinski definition) is 5. The van der Waals surface area contributed by atoms with E-state index in [4.69, 9.17) is 4.42 Å². The van der Waals surface area contributed by atoms with Gasteiger partial charge in [-0.05, 0) is 48.9 Å². The highest BCUT2D eigenvalue weighted by Crippen LogP contribution is 2.26. The second-order valence-corrected chi connectivity index (χ2v) is 8.52. The predicted molar refractivity (Wildman–Crippen MR) is 107 cm³/mol. The summed E-state index contributed by atoms with van der Waals surface area (Å²) in [6.45, 7) is 5.84. The van der Waals surface area contributed by atoms with Gasteiger partial charge in [-0.15, -0.1) is 0 Å². The van der Waals surface area contributed by atoms with Gasteiger partial charge >= 0.3 is 0 Å². The lowest BCUT2D eigenvalue weighted by Gasteiger charge is -2.04. The first-order chi connectivity index (χ1) is 12.9. The minimum absolute atomic E-state index is 0.322. The summed E-state index contributed by atoms with van der Waals surface area (Å²) in [5, 5.41) is 3.29. The number of aromatic nitrogens is 1. The molecule has 2 aromatic carbocycles. The molecular formula is C21H24N2O3S. The van der Waals surface area contributed by atoms with Gasteiger partial charge in [-0.2, -0.15) is 0 Å². The minimum Gasteiger partial charge on any atom is -0.441 e. The van der Waals surface area contributed by atoms with Crippen LogP contribution in [0.1, 0.15) is 18.4 Å². The molecule has 142 valence electrons. The van der Waals surface area contributed by atoms with E-state index < -0.39 is 9.84 Å². The van der Waals surface area contributed by atoms with E-state index in [0.717, 1.165) is 47.7 Å². The van der Waals surface area contributed by atoms with E-state index in [2.05, 4.69) is 17.2 Å². The molecule has 5 nitrogen and oxygen atoms in total. The number of hydrogen-bond donors (Lipinski definition) is 1. The first-order valence-corrected chi connectivity index (χ1v) is 10.9. The first kappa shape index (κ1) is 19.3. The molecule has 0 atom stereocenters. The maximum atomic E-state index is 11.6. The molecule has 0 saturated carbocycles. The second kappa shape index (κ2) is 8.06. The number of benzene rings is 2. The van der Waals surface area contributed by atoms with Gasteiger partial charge in [0.15, 0.2) is 9.84 Å². The highest BCUT2D eigenvalue weighted by Gasteiger charge is 2.12. The van der Waals surface area contributed by atoms with Crippen LogP contribution in [-0.2, 0) is 16.3 Å². The lowest BCUT2D eigenvalue weighted by atomic mass is 10.0. The SMILES string of the molecule is CCNCCc1nc(-c2ccc(-c3ccc(S(C)(=O)=O)cc3)cc2)oc1C. The van der Waals surface area contributed by atoms with Crippen molar-refractivity contribution in [2.24, 2.45) is 0 Å². The molecule has 0 aliphatic heterocycles. The summed E-state index contributed by atoms with van der Waals surface area (Å²) in [7, 11) is -3.18. The predicted octanol–water partition coefficient (Wildman–Crippen LogP) is 3.87. The number of nitrogens with zero attached hydrogens (tertiary/aromatic N) is 1. The molecule has 0 amide bonds. The normalized spacial score (nSPS) is 11.7. The third-order valence-electron chi connectivity index (χ3n) is 4.43. The van der Waals surface area contributed by atoms with Gasteiger partial charge in [0.25, 0.3) is 0 Å². The summed E-state index contributed by atoms with van der Waals surface area (Å²) in [6.07, 6.45) is 2.05. The molecule has 0 saturated heterocycles. The van der Waals surface area contributed by atoms with Crippen molar-refractivity contribution >= 4 is 9.84 Å². The van der Waals surface area contributed by atoms with Crippen molar-refractivity contribution in [1.82, 2.24) is 10.3 Å². The fourth-order valence-electron chi connectivity index (χ4n) is 2.87. The van der Waals surface area contributed by atoms with Crippen molar-refractivity contribution in [3.63, 3.8) is 0 Å². The van der Waals surface area contributed by atoms with Crippen molar-refractivity contribution in [3.8, 4) is 22.6 Å². The quantitative estimate of drug-likeness (QED) is 0.626. The van der Waals surface area contributed by atoms with E-state index in [1.165, 1.54) is 6.26 Å². The average molecular weight is 385 g/mol. The molecule has 0 spiro atoms. The number of likely N-dealkylation sites (N-methyl/N-ethyl adjacent to an activating group) is 1. The van der Waals surface area contributed by atoms with Gasteiger partial charge in [0.2, 0.25) is 5.89 Å². The van der Waals surface area contributed by atoms with E-state index in [1.807, 2.05) is 43.3 Å². The third kappa shape index (κ3) is 4.64. The van der Waals surface area contributed by atoms with Crippen LogP contribution in [-0.4, -0.2) is 32.7 Å². The molecule has 1 N–H and O–H groups in total. The average Bonchev–Trinajstić information content (AvgIpc) is 3.02. The molecular weight excluding hydrogens is 360 g/mol. The molecule has 0 unspecified atom stereocenters. The Morgan fingerprint density at radius 2 is 1.52 bits per heavy atom. The van der Waals surface area contributed by atoms with E-state index >= 15 is 0 Å². The van der Waals surface area contributed by atoms with E-state index in [-0.39, 0.29) is 0 Å². The fraction of sp³-hybridized carbons (Fsp3) is 0.286. The molecule has 27 heavy (non-hydrogen) atoms. The Hall–Kier alpha value is -2.44. The van der Waals surface area contributed by atoms with Crippen LogP contribution < -0.4 is 5.32 Å². The van der Waals surface area contributed by atoms with Crippen molar-refractivity contribution in [1.29, 1.82) is 0 Å². The molecule has 3 aromatic rings. The topological polar surface area (TPSA) is 72.2 Å². The van der Waals surface area contributed by atoms with E-state index in [0.29, 0.717) is 10.8 Å². The zero-order valence-corrected chi connectivity index (χ0v) is 16.6. The van der Waals surface area contributed by atoms with Crippen molar-refractivity contribution < 1.29 is 12.8 Å². The van der Waals surface area contributed by atoms with Gasteiger partial charge in [-0.25, -0.2) is 13.4 Å². The summed E-state index contributed by atoms with van der Waals surface area (Å²) >= 11 is 0. The molecule has 0 aliphatic carbocycles. The Balaban J connectivity index is 1.78. The Kier molecular flexibility index (Phi) is 5.77. The summed E-state index contributed by atoms with van der Waals surface area (Å²) < 4.78 is 29.0. The van der Waals surface area contributed by atoms with Crippen molar-refractivity contribution in [3.05, 3.63) is 60.0 Å². The summed E-state index contributed by atoms with van der Waals surface area (Å²) in [6, 6.07) is 14.8. The van der Waals surface area contributed by atoms with E-state index in [9.17, 15) is 8.42 Å². The van der Waals surface area contributed by atoms with Gasteiger partial charge in [0.05, 0.1) is 10.6 Å². The number of aryl methyl sites for hydroxylation is 1. The number of sulfone groups is 1.